The molecule has 0 saturated carbocycles. The lowest BCUT2D eigenvalue weighted by atomic mass is 10.1. The van der Waals surface area contributed by atoms with E-state index < -0.39 is 30.1 Å². The fraction of sp³-hybridized carbons (Fsp3) is 0.438. The summed E-state index contributed by atoms with van der Waals surface area (Å²) >= 11 is 0. The number of amides is 2. The number of hydrogen-bond acceptors (Lipinski definition) is 6. The molecule has 1 heterocycles. The van der Waals surface area contributed by atoms with Crippen LogP contribution in [-0.2, 0) is 9.59 Å². The Hall–Kier alpha value is -3.01. The number of urea groups is 1. The Labute approximate surface area is 150 Å². The number of nitrogens with two attached hydrogens (primary N) is 1. The Morgan fingerprint density at radius 2 is 1.73 bits per heavy atom. The summed E-state index contributed by atoms with van der Waals surface area (Å²) in [4.78, 5) is 37.8. The molecule has 26 heavy (non-hydrogen) atoms. The number of aliphatic carboxylic acids is 2. The Morgan fingerprint density at radius 3 is 2.27 bits per heavy atom. The van der Waals surface area contributed by atoms with Gasteiger partial charge in [-0.2, -0.15) is 0 Å². The molecule has 0 spiro atoms. The Kier molecular flexibility index (Phi) is 6.23. The van der Waals surface area contributed by atoms with Gasteiger partial charge in [-0.25, -0.2) is 9.59 Å². The lowest BCUT2D eigenvalue weighted by molar-refractivity contribution is -0.147. The number of ether oxygens (including phenoxy) is 1. The first-order valence-electron chi connectivity index (χ1n) is 7.99. The van der Waals surface area contributed by atoms with Crippen LogP contribution in [0.4, 0.5) is 10.5 Å². The van der Waals surface area contributed by atoms with Gasteiger partial charge in [0.15, 0.2) is 6.04 Å². The molecule has 1 fully saturated rings. The number of para-hydroxylation sites is 2. The highest BCUT2D eigenvalue weighted by atomic mass is 16.5. The molecule has 0 bridgehead atoms. The van der Waals surface area contributed by atoms with Crippen molar-refractivity contribution in [2.75, 3.05) is 38.2 Å². The summed E-state index contributed by atoms with van der Waals surface area (Å²) in [5, 5.41) is 20.1. The maximum Gasteiger partial charge on any atom is 0.328 e. The van der Waals surface area contributed by atoms with Crippen molar-refractivity contribution >= 4 is 23.7 Å². The van der Waals surface area contributed by atoms with E-state index in [0.717, 1.165) is 11.4 Å². The number of rotatable bonds is 6. The van der Waals surface area contributed by atoms with Gasteiger partial charge in [-0.1, -0.05) is 12.1 Å². The molecule has 142 valence electrons. The minimum Gasteiger partial charge on any atom is -0.495 e. The van der Waals surface area contributed by atoms with Crippen LogP contribution in [0.1, 0.15) is 0 Å². The second-order valence-corrected chi connectivity index (χ2v) is 5.78. The van der Waals surface area contributed by atoms with Crippen molar-refractivity contribution in [1.82, 2.24) is 10.2 Å². The van der Waals surface area contributed by atoms with Crippen molar-refractivity contribution in [2.45, 2.75) is 12.1 Å². The van der Waals surface area contributed by atoms with Crippen LogP contribution in [0, 0.1) is 0 Å². The molecule has 1 saturated heterocycles. The molecule has 2 amide bonds. The number of benzene rings is 1. The number of nitrogens with one attached hydrogen (secondary N) is 1. The quantitative estimate of drug-likeness (QED) is 0.522. The van der Waals surface area contributed by atoms with Gasteiger partial charge in [0, 0.05) is 26.2 Å². The average molecular weight is 366 g/mol. The highest BCUT2D eigenvalue weighted by Crippen LogP contribution is 2.28. The number of hydrogen-bond donors (Lipinski definition) is 4. The van der Waals surface area contributed by atoms with Crippen LogP contribution in [0.5, 0.6) is 5.75 Å². The normalized spacial score (nSPS) is 16.5. The van der Waals surface area contributed by atoms with E-state index in [1.54, 1.807) is 7.11 Å². The maximum absolute atomic E-state index is 12.3. The number of carbonyl (C=O) groups is 3. The van der Waals surface area contributed by atoms with E-state index >= 15 is 0 Å². The standard InChI is InChI=1S/C16H22N4O6/c1-26-11-5-3-2-4-10(11)19-6-8-20(9-7-19)16(25)18-13(15(23)24)12(17)14(21)22/h2-5,12-13H,6-9,17H2,1H3,(H,18,25)(H,21,22)(H,23,24)/t12-,13?/m0/s1. The number of piperazine rings is 1. The van der Waals surface area contributed by atoms with Crippen LogP contribution in [0.25, 0.3) is 0 Å². The minimum absolute atomic E-state index is 0.346. The molecule has 0 aromatic heterocycles. The number of carboxylic acid groups (broad SMARTS) is 2. The fourth-order valence-electron chi connectivity index (χ4n) is 2.71. The summed E-state index contributed by atoms with van der Waals surface area (Å²) in [7, 11) is 1.58. The van der Waals surface area contributed by atoms with E-state index in [1.807, 2.05) is 24.3 Å². The predicted molar refractivity (Wildman–Crippen MR) is 92.3 cm³/mol. The molecular formula is C16H22N4O6. The summed E-state index contributed by atoms with van der Waals surface area (Å²) in [5.74, 6) is -2.27. The molecule has 1 unspecified atom stereocenters. The number of carbonyl (C=O) groups excluding carboxylic acids is 1. The predicted octanol–water partition coefficient (Wildman–Crippen LogP) is -0.608. The lowest BCUT2D eigenvalue weighted by Gasteiger charge is -2.37. The first-order valence-corrected chi connectivity index (χ1v) is 7.99. The molecular weight excluding hydrogens is 344 g/mol. The van der Waals surface area contributed by atoms with Gasteiger partial charge in [0.05, 0.1) is 12.8 Å². The van der Waals surface area contributed by atoms with Crippen LogP contribution in [0.15, 0.2) is 24.3 Å². The smallest absolute Gasteiger partial charge is 0.328 e. The monoisotopic (exact) mass is 366 g/mol. The van der Waals surface area contributed by atoms with Gasteiger partial charge >= 0.3 is 18.0 Å². The highest BCUT2D eigenvalue weighted by molar-refractivity contribution is 5.89. The van der Waals surface area contributed by atoms with Gasteiger partial charge < -0.3 is 35.8 Å². The zero-order chi connectivity index (χ0) is 19.3. The van der Waals surface area contributed by atoms with E-state index in [4.69, 9.17) is 20.7 Å². The molecule has 0 aliphatic carbocycles. The summed E-state index contributed by atoms with van der Waals surface area (Å²) in [6.45, 7) is 1.74. The van der Waals surface area contributed by atoms with Crippen LogP contribution in [0.3, 0.4) is 0 Å². The van der Waals surface area contributed by atoms with Crippen molar-refractivity contribution in [3.05, 3.63) is 24.3 Å². The summed E-state index contributed by atoms with van der Waals surface area (Å²) < 4.78 is 5.33. The molecule has 2 atom stereocenters. The molecule has 1 aromatic rings. The third-order valence-corrected chi connectivity index (χ3v) is 4.18. The van der Waals surface area contributed by atoms with Crippen molar-refractivity contribution in [2.24, 2.45) is 5.73 Å². The Bertz CT molecular complexity index is 674. The van der Waals surface area contributed by atoms with Crippen molar-refractivity contribution in [1.29, 1.82) is 0 Å². The van der Waals surface area contributed by atoms with E-state index in [1.165, 1.54) is 4.90 Å². The lowest BCUT2D eigenvalue weighted by Crippen LogP contribution is -2.60. The van der Waals surface area contributed by atoms with Crippen LogP contribution in [-0.4, -0.2) is 78.5 Å². The van der Waals surface area contributed by atoms with Gasteiger partial charge in [-0.3, -0.25) is 4.79 Å². The summed E-state index contributed by atoms with van der Waals surface area (Å²) in [6.07, 6.45) is 0. The van der Waals surface area contributed by atoms with Crippen LogP contribution < -0.4 is 20.7 Å². The van der Waals surface area contributed by atoms with E-state index in [-0.39, 0.29) is 0 Å². The third kappa shape index (κ3) is 4.33. The summed E-state index contributed by atoms with van der Waals surface area (Å²) in [5.41, 5.74) is 6.24. The minimum atomic E-state index is -1.73. The van der Waals surface area contributed by atoms with Crippen molar-refractivity contribution in [3.63, 3.8) is 0 Å². The molecule has 1 aliphatic heterocycles. The number of carboxylic acids is 2. The zero-order valence-electron chi connectivity index (χ0n) is 14.3. The Balaban J connectivity index is 1.97. The molecule has 10 heteroatoms. The molecule has 1 aromatic carbocycles. The fourth-order valence-corrected chi connectivity index (χ4v) is 2.71. The summed E-state index contributed by atoms with van der Waals surface area (Å²) in [6, 6.07) is 3.43. The number of nitrogens with zero attached hydrogens (tertiary/aromatic N) is 2. The van der Waals surface area contributed by atoms with Crippen LogP contribution >= 0.6 is 0 Å². The first kappa shape index (κ1) is 19.3. The van der Waals surface area contributed by atoms with Gasteiger partial charge in [-0.15, -0.1) is 0 Å². The second kappa shape index (κ2) is 8.39. The largest absolute Gasteiger partial charge is 0.495 e. The van der Waals surface area contributed by atoms with Gasteiger partial charge in [0.1, 0.15) is 11.8 Å². The SMILES string of the molecule is COc1ccccc1N1CCN(C(=O)NC(C(=O)O)[C@H](N)C(=O)O)CC1. The topological polar surface area (TPSA) is 145 Å². The highest BCUT2D eigenvalue weighted by Gasteiger charge is 2.34. The second-order valence-electron chi connectivity index (χ2n) is 5.78. The van der Waals surface area contributed by atoms with E-state index in [2.05, 4.69) is 10.2 Å². The molecule has 10 nitrogen and oxygen atoms in total. The van der Waals surface area contributed by atoms with E-state index in [9.17, 15) is 14.4 Å². The molecule has 2 rings (SSSR count). The average Bonchev–Trinajstić information content (AvgIpc) is 2.65. The van der Waals surface area contributed by atoms with E-state index in [0.29, 0.717) is 26.2 Å². The van der Waals surface area contributed by atoms with Crippen molar-refractivity contribution < 1.29 is 29.3 Å². The first-order chi connectivity index (χ1) is 12.3. The molecule has 5 N–H and O–H groups in total. The van der Waals surface area contributed by atoms with Gasteiger partial charge in [0.2, 0.25) is 0 Å². The van der Waals surface area contributed by atoms with Gasteiger partial charge in [-0.05, 0) is 12.1 Å². The third-order valence-electron chi connectivity index (χ3n) is 4.18. The number of methoxy groups -OCH3 is 1. The number of anilines is 1. The maximum atomic E-state index is 12.3. The van der Waals surface area contributed by atoms with Crippen molar-refractivity contribution in [3.8, 4) is 5.75 Å². The Morgan fingerprint density at radius 1 is 1.12 bits per heavy atom. The van der Waals surface area contributed by atoms with Crippen LogP contribution in [0.2, 0.25) is 0 Å². The molecule has 1 aliphatic rings. The zero-order valence-corrected chi connectivity index (χ0v) is 14.3. The van der Waals surface area contributed by atoms with Gasteiger partial charge in [0.25, 0.3) is 0 Å². The molecule has 0 radical (unpaired) electrons.